The van der Waals surface area contributed by atoms with Gasteiger partial charge in [0.15, 0.2) is 0 Å². The number of nitrogens with one attached hydrogen (secondary N) is 1. The van der Waals surface area contributed by atoms with Crippen molar-refractivity contribution in [1.82, 2.24) is 15.1 Å². The molecule has 0 aromatic carbocycles. The van der Waals surface area contributed by atoms with Gasteiger partial charge in [0.2, 0.25) is 0 Å². The van der Waals surface area contributed by atoms with Crippen LogP contribution in [0.5, 0.6) is 0 Å². The summed E-state index contributed by atoms with van der Waals surface area (Å²) in [4.78, 5) is 27.0. The fourth-order valence-electron chi connectivity index (χ4n) is 2.84. The van der Waals surface area contributed by atoms with Crippen LogP contribution in [0.25, 0.3) is 0 Å². The molecule has 0 bridgehead atoms. The summed E-state index contributed by atoms with van der Waals surface area (Å²) in [5, 5.41) is 11.8. The fourth-order valence-corrected chi connectivity index (χ4v) is 2.84. The second kappa shape index (κ2) is 8.22. The van der Waals surface area contributed by atoms with Crippen molar-refractivity contribution in [2.24, 2.45) is 11.8 Å². The Bertz CT molecular complexity index is 358. The lowest BCUT2D eigenvalue weighted by Crippen LogP contribution is -2.42. The second-order valence-electron chi connectivity index (χ2n) is 6.63. The summed E-state index contributed by atoms with van der Waals surface area (Å²) < 4.78 is 0. The molecule has 1 fully saturated rings. The maximum atomic E-state index is 12.1. The summed E-state index contributed by atoms with van der Waals surface area (Å²) in [6.45, 7) is 6.08. The lowest BCUT2D eigenvalue weighted by atomic mass is 9.94. The summed E-state index contributed by atoms with van der Waals surface area (Å²) in [6.07, 6.45) is 1.91. The van der Waals surface area contributed by atoms with E-state index in [1.807, 2.05) is 19.0 Å². The van der Waals surface area contributed by atoms with E-state index in [1.54, 1.807) is 0 Å². The summed E-state index contributed by atoms with van der Waals surface area (Å²) in [6, 6.07) is 0.347. The van der Waals surface area contributed by atoms with Crippen molar-refractivity contribution in [3.8, 4) is 0 Å². The van der Waals surface area contributed by atoms with Crippen LogP contribution >= 0.6 is 0 Å². The third-order valence-electron chi connectivity index (χ3n) is 3.99. The van der Waals surface area contributed by atoms with Crippen LogP contribution in [0.2, 0.25) is 0 Å². The second-order valence-corrected chi connectivity index (χ2v) is 6.63. The minimum Gasteiger partial charge on any atom is -0.481 e. The topological polar surface area (TPSA) is 72.9 Å². The van der Waals surface area contributed by atoms with Gasteiger partial charge in [-0.1, -0.05) is 13.8 Å². The van der Waals surface area contributed by atoms with Gasteiger partial charge in [0, 0.05) is 32.1 Å². The third kappa shape index (κ3) is 6.33. The number of carboxylic acids is 1. The molecule has 122 valence electrons. The maximum Gasteiger partial charge on any atom is 0.317 e. The Morgan fingerprint density at radius 3 is 2.52 bits per heavy atom. The highest BCUT2D eigenvalue weighted by Gasteiger charge is 2.27. The Hall–Kier alpha value is -1.30. The average molecular weight is 299 g/mol. The summed E-state index contributed by atoms with van der Waals surface area (Å²) in [5.74, 6) is -0.376. The molecule has 1 aliphatic rings. The van der Waals surface area contributed by atoms with Gasteiger partial charge in [-0.15, -0.1) is 0 Å². The number of carboxylic acid groups (broad SMARTS) is 1. The quantitative estimate of drug-likeness (QED) is 0.746. The standard InChI is InChI=1S/C15H29N3O3/c1-11(2)7-12(8-14(19)20)9-16-15(21)18-6-5-13(10-18)17(3)4/h11-13H,5-10H2,1-4H3,(H,16,21)(H,19,20). The van der Waals surface area contributed by atoms with Gasteiger partial charge in [-0.2, -0.15) is 0 Å². The van der Waals surface area contributed by atoms with E-state index in [-0.39, 0.29) is 18.4 Å². The van der Waals surface area contributed by atoms with E-state index >= 15 is 0 Å². The molecule has 1 rings (SSSR count). The number of urea groups is 1. The number of rotatable bonds is 7. The van der Waals surface area contributed by atoms with Crippen molar-refractivity contribution >= 4 is 12.0 Å². The molecule has 2 N–H and O–H groups in total. The zero-order chi connectivity index (χ0) is 16.0. The van der Waals surface area contributed by atoms with Gasteiger partial charge in [0.05, 0.1) is 0 Å². The Morgan fingerprint density at radius 1 is 1.38 bits per heavy atom. The first-order chi connectivity index (χ1) is 9.79. The van der Waals surface area contributed by atoms with Crippen LogP contribution in [-0.4, -0.2) is 66.7 Å². The Balaban J connectivity index is 2.41. The van der Waals surface area contributed by atoms with Crippen molar-refractivity contribution in [2.45, 2.75) is 39.2 Å². The van der Waals surface area contributed by atoms with Gasteiger partial charge in [0.1, 0.15) is 0 Å². The van der Waals surface area contributed by atoms with Gasteiger partial charge >= 0.3 is 12.0 Å². The smallest absolute Gasteiger partial charge is 0.317 e. The first-order valence-corrected chi connectivity index (χ1v) is 7.70. The molecule has 2 unspecified atom stereocenters. The number of likely N-dealkylation sites (tertiary alicyclic amines) is 1. The SMILES string of the molecule is CC(C)CC(CNC(=O)N1CCC(N(C)C)C1)CC(=O)O. The van der Waals surface area contributed by atoms with Crippen LogP contribution in [0.4, 0.5) is 4.79 Å². The molecular formula is C15H29N3O3. The van der Waals surface area contributed by atoms with Crippen LogP contribution in [0.15, 0.2) is 0 Å². The third-order valence-corrected chi connectivity index (χ3v) is 3.99. The predicted molar refractivity (Wildman–Crippen MR) is 82.3 cm³/mol. The molecule has 0 aromatic rings. The highest BCUT2D eigenvalue weighted by atomic mass is 16.4. The molecule has 0 saturated carbocycles. The Morgan fingerprint density at radius 2 is 2.05 bits per heavy atom. The fraction of sp³-hybridized carbons (Fsp3) is 0.867. The molecule has 0 spiro atoms. The zero-order valence-corrected chi connectivity index (χ0v) is 13.6. The van der Waals surface area contributed by atoms with Crippen molar-refractivity contribution in [1.29, 1.82) is 0 Å². The van der Waals surface area contributed by atoms with E-state index in [1.165, 1.54) is 0 Å². The molecule has 0 aliphatic carbocycles. The van der Waals surface area contributed by atoms with Gasteiger partial charge in [-0.05, 0) is 38.8 Å². The van der Waals surface area contributed by atoms with E-state index < -0.39 is 5.97 Å². The Labute approximate surface area is 127 Å². The van der Waals surface area contributed by atoms with E-state index in [2.05, 4.69) is 24.1 Å². The molecule has 6 nitrogen and oxygen atoms in total. The summed E-state index contributed by atoms with van der Waals surface area (Å²) in [7, 11) is 4.05. The molecule has 1 heterocycles. The van der Waals surface area contributed by atoms with Crippen molar-refractivity contribution in [3.63, 3.8) is 0 Å². The van der Waals surface area contributed by atoms with Crippen molar-refractivity contribution in [3.05, 3.63) is 0 Å². The summed E-state index contributed by atoms with van der Waals surface area (Å²) in [5.41, 5.74) is 0. The number of likely N-dealkylation sites (N-methyl/N-ethyl adjacent to an activating group) is 1. The van der Waals surface area contributed by atoms with E-state index in [0.29, 0.717) is 18.5 Å². The minimum atomic E-state index is -0.802. The molecule has 0 aromatic heterocycles. The van der Waals surface area contributed by atoms with E-state index in [4.69, 9.17) is 5.11 Å². The largest absolute Gasteiger partial charge is 0.481 e. The number of carbonyl (C=O) groups excluding carboxylic acids is 1. The lowest BCUT2D eigenvalue weighted by Gasteiger charge is -2.23. The molecule has 21 heavy (non-hydrogen) atoms. The number of nitrogens with zero attached hydrogens (tertiary/aromatic N) is 2. The van der Waals surface area contributed by atoms with Crippen molar-refractivity contribution in [2.75, 3.05) is 33.7 Å². The van der Waals surface area contributed by atoms with Crippen molar-refractivity contribution < 1.29 is 14.7 Å². The first-order valence-electron chi connectivity index (χ1n) is 7.70. The molecule has 1 saturated heterocycles. The van der Waals surface area contributed by atoms with Crippen LogP contribution in [-0.2, 0) is 4.79 Å². The normalized spacial score (nSPS) is 20.1. The molecule has 2 amide bonds. The number of amides is 2. The minimum absolute atomic E-state index is 0.00120. The van der Waals surface area contributed by atoms with Crippen LogP contribution in [0, 0.1) is 11.8 Å². The average Bonchev–Trinajstić information content (AvgIpc) is 2.83. The maximum absolute atomic E-state index is 12.1. The van der Waals surface area contributed by atoms with E-state index in [9.17, 15) is 9.59 Å². The first kappa shape index (κ1) is 17.8. The van der Waals surface area contributed by atoms with Crippen LogP contribution in [0.3, 0.4) is 0 Å². The number of hydrogen-bond acceptors (Lipinski definition) is 3. The van der Waals surface area contributed by atoms with E-state index in [0.717, 1.165) is 25.9 Å². The molecule has 1 aliphatic heterocycles. The summed E-state index contributed by atoms with van der Waals surface area (Å²) >= 11 is 0. The lowest BCUT2D eigenvalue weighted by molar-refractivity contribution is -0.138. The molecular weight excluding hydrogens is 270 g/mol. The predicted octanol–water partition coefficient (Wildman–Crippen LogP) is 1.47. The monoisotopic (exact) mass is 299 g/mol. The molecule has 2 atom stereocenters. The van der Waals surface area contributed by atoms with Gasteiger partial charge in [-0.3, -0.25) is 4.79 Å². The zero-order valence-electron chi connectivity index (χ0n) is 13.6. The molecule has 6 heteroatoms. The van der Waals surface area contributed by atoms with Gasteiger partial charge < -0.3 is 20.2 Å². The van der Waals surface area contributed by atoms with Crippen LogP contribution < -0.4 is 5.32 Å². The van der Waals surface area contributed by atoms with Crippen LogP contribution in [0.1, 0.15) is 33.1 Å². The number of carbonyl (C=O) groups is 2. The van der Waals surface area contributed by atoms with Gasteiger partial charge in [0.25, 0.3) is 0 Å². The highest BCUT2D eigenvalue weighted by molar-refractivity contribution is 5.74. The Kier molecular flexibility index (Phi) is 6.95. The van der Waals surface area contributed by atoms with Gasteiger partial charge in [-0.25, -0.2) is 4.79 Å². The molecule has 0 radical (unpaired) electrons. The number of aliphatic carboxylic acids is 1. The number of hydrogen-bond donors (Lipinski definition) is 2. The highest BCUT2D eigenvalue weighted by Crippen LogP contribution is 2.16.